The van der Waals surface area contributed by atoms with Gasteiger partial charge >= 0.3 is 0 Å². The van der Waals surface area contributed by atoms with E-state index >= 15 is 0 Å². The molecule has 7 heteroatoms. The summed E-state index contributed by atoms with van der Waals surface area (Å²) in [5, 5.41) is 0.865. The van der Waals surface area contributed by atoms with Crippen molar-refractivity contribution in [3.05, 3.63) is 85.1 Å². The van der Waals surface area contributed by atoms with Crippen molar-refractivity contribution in [3.63, 3.8) is 0 Å². The van der Waals surface area contributed by atoms with E-state index in [2.05, 4.69) is 19.7 Å². The average molecular weight is 400 g/mol. The third kappa shape index (κ3) is 3.21. The van der Waals surface area contributed by atoms with Crippen LogP contribution in [0.5, 0.6) is 0 Å². The molecule has 29 heavy (non-hydrogen) atoms. The fourth-order valence-corrected chi connectivity index (χ4v) is 4.37. The number of anilines is 1. The number of H-pyrrole nitrogens is 1. The van der Waals surface area contributed by atoms with Crippen LogP contribution in [0, 0.1) is 0 Å². The van der Waals surface area contributed by atoms with Gasteiger partial charge in [0.05, 0.1) is 27.1 Å². The number of imidazole rings is 1. The largest absolute Gasteiger partial charge is 0.338 e. The van der Waals surface area contributed by atoms with Crippen molar-refractivity contribution in [2.45, 2.75) is 4.90 Å². The SMILES string of the molecule is O=S(=O)(Nc1cccc2cccnc12)c1ccc2nc(-c3ccccc3)[nH]c2c1. The van der Waals surface area contributed by atoms with Gasteiger partial charge < -0.3 is 4.98 Å². The standard InChI is InChI=1S/C22H16N4O2S/c27-29(28,26-19-10-4-8-15-9-5-13-23-21(15)19)17-11-12-18-20(14-17)25-22(24-18)16-6-2-1-3-7-16/h1-14,26H,(H,24,25). The van der Waals surface area contributed by atoms with Gasteiger partial charge in [-0.05, 0) is 30.3 Å². The van der Waals surface area contributed by atoms with E-state index in [0.29, 0.717) is 28.1 Å². The van der Waals surface area contributed by atoms with Crippen molar-refractivity contribution in [1.29, 1.82) is 0 Å². The fraction of sp³-hybridized carbons (Fsp3) is 0. The van der Waals surface area contributed by atoms with Gasteiger partial charge in [0.2, 0.25) is 0 Å². The second-order valence-corrected chi connectivity index (χ2v) is 8.30. The molecule has 0 saturated heterocycles. The lowest BCUT2D eigenvalue weighted by Crippen LogP contribution is -2.13. The lowest BCUT2D eigenvalue weighted by atomic mass is 10.2. The molecule has 6 nitrogen and oxygen atoms in total. The minimum Gasteiger partial charge on any atom is -0.338 e. The Kier molecular flexibility index (Phi) is 4.03. The van der Waals surface area contributed by atoms with Gasteiger partial charge in [-0.3, -0.25) is 9.71 Å². The maximum absolute atomic E-state index is 13.0. The Morgan fingerprint density at radius 2 is 1.69 bits per heavy atom. The lowest BCUT2D eigenvalue weighted by molar-refractivity contribution is 0.601. The van der Waals surface area contributed by atoms with Gasteiger partial charge in [0.25, 0.3) is 10.0 Å². The summed E-state index contributed by atoms with van der Waals surface area (Å²) in [5.74, 6) is 0.696. The predicted molar refractivity (Wildman–Crippen MR) is 114 cm³/mol. The van der Waals surface area contributed by atoms with Crippen LogP contribution in [0.2, 0.25) is 0 Å². The van der Waals surface area contributed by atoms with Crippen LogP contribution >= 0.6 is 0 Å². The molecule has 0 unspecified atom stereocenters. The molecule has 0 bridgehead atoms. The third-order valence-corrected chi connectivity index (χ3v) is 6.05. The molecule has 5 rings (SSSR count). The zero-order valence-corrected chi connectivity index (χ0v) is 16.0. The van der Waals surface area contributed by atoms with Gasteiger partial charge in [0, 0.05) is 17.1 Å². The molecular weight excluding hydrogens is 384 g/mol. The van der Waals surface area contributed by atoms with E-state index in [1.165, 1.54) is 0 Å². The van der Waals surface area contributed by atoms with Crippen LogP contribution < -0.4 is 4.72 Å². The Labute approximate surface area is 167 Å². The van der Waals surface area contributed by atoms with Crippen molar-refractivity contribution >= 4 is 37.6 Å². The van der Waals surface area contributed by atoms with Crippen LogP contribution in [-0.4, -0.2) is 23.4 Å². The number of hydrogen-bond donors (Lipinski definition) is 2. The average Bonchev–Trinajstić information content (AvgIpc) is 3.18. The minimum atomic E-state index is -3.79. The predicted octanol–water partition coefficient (Wildman–Crippen LogP) is 4.58. The highest BCUT2D eigenvalue weighted by atomic mass is 32.2. The summed E-state index contributed by atoms with van der Waals surface area (Å²) in [7, 11) is -3.79. The molecule has 0 radical (unpaired) electrons. The zero-order valence-electron chi connectivity index (χ0n) is 15.2. The van der Waals surface area contributed by atoms with Crippen LogP contribution in [0.1, 0.15) is 0 Å². The number of hydrogen-bond acceptors (Lipinski definition) is 4. The molecule has 0 atom stereocenters. The van der Waals surface area contributed by atoms with E-state index in [1.807, 2.05) is 48.5 Å². The van der Waals surface area contributed by atoms with Gasteiger partial charge in [0.15, 0.2) is 0 Å². The molecule has 5 aromatic rings. The quantitative estimate of drug-likeness (QED) is 0.462. The first-order valence-corrected chi connectivity index (χ1v) is 10.5. The molecule has 2 aromatic heterocycles. The number of aromatic nitrogens is 3. The van der Waals surface area contributed by atoms with Crippen molar-refractivity contribution in [2.24, 2.45) is 0 Å². The summed E-state index contributed by atoms with van der Waals surface area (Å²) in [5.41, 5.74) is 3.34. The number of benzene rings is 3. The van der Waals surface area contributed by atoms with Crippen molar-refractivity contribution in [1.82, 2.24) is 15.0 Å². The van der Waals surface area contributed by atoms with E-state index in [-0.39, 0.29) is 4.90 Å². The molecule has 0 aliphatic carbocycles. The van der Waals surface area contributed by atoms with Crippen LogP contribution in [0.3, 0.4) is 0 Å². The Hall–Kier alpha value is -3.71. The number of nitrogens with zero attached hydrogens (tertiary/aromatic N) is 2. The first kappa shape index (κ1) is 17.4. The number of nitrogens with one attached hydrogen (secondary N) is 2. The Morgan fingerprint density at radius 1 is 0.862 bits per heavy atom. The maximum atomic E-state index is 13.0. The summed E-state index contributed by atoms with van der Waals surface area (Å²) in [4.78, 5) is 12.2. The molecule has 0 amide bonds. The highest BCUT2D eigenvalue weighted by Crippen LogP contribution is 2.26. The third-order valence-electron chi connectivity index (χ3n) is 4.69. The molecular formula is C22H16N4O2S. The molecule has 0 spiro atoms. The molecule has 0 saturated carbocycles. The number of rotatable bonds is 4. The van der Waals surface area contributed by atoms with Crippen molar-refractivity contribution < 1.29 is 8.42 Å². The molecule has 2 heterocycles. The molecule has 142 valence electrons. The van der Waals surface area contributed by atoms with Crippen LogP contribution in [0.4, 0.5) is 5.69 Å². The first-order chi connectivity index (χ1) is 14.1. The Bertz CT molecular complexity index is 1440. The van der Waals surface area contributed by atoms with Crippen molar-refractivity contribution in [3.8, 4) is 11.4 Å². The maximum Gasteiger partial charge on any atom is 0.262 e. The molecule has 0 fully saturated rings. The second-order valence-electron chi connectivity index (χ2n) is 6.62. The van der Waals surface area contributed by atoms with Gasteiger partial charge in [-0.1, -0.05) is 48.5 Å². The smallest absolute Gasteiger partial charge is 0.262 e. The Balaban J connectivity index is 1.53. The molecule has 0 aliphatic heterocycles. The van der Waals surface area contributed by atoms with E-state index < -0.39 is 10.0 Å². The van der Waals surface area contributed by atoms with E-state index in [0.717, 1.165) is 10.9 Å². The monoisotopic (exact) mass is 400 g/mol. The van der Waals surface area contributed by atoms with Crippen LogP contribution in [-0.2, 0) is 10.0 Å². The summed E-state index contributed by atoms with van der Waals surface area (Å²) in [6.07, 6.45) is 1.64. The van der Waals surface area contributed by atoms with Gasteiger partial charge in [0.1, 0.15) is 5.82 Å². The second kappa shape index (κ2) is 6.72. The summed E-state index contributed by atoms with van der Waals surface area (Å²) < 4.78 is 28.6. The minimum absolute atomic E-state index is 0.154. The first-order valence-electron chi connectivity index (χ1n) is 9.02. The molecule has 0 aliphatic rings. The molecule has 2 N–H and O–H groups in total. The van der Waals surface area contributed by atoms with Gasteiger partial charge in [-0.2, -0.15) is 0 Å². The normalized spacial score (nSPS) is 11.7. The van der Waals surface area contributed by atoms with E-state index in [1.54, 1.807) is 36.5 Å². The van der Waals surface area contributed by atoms with Gasteiger partial charge in [-0.25, -0.2) is 13.4 Å². The van der Waals surface area contributed by atoms with E-state index in [4.69, 9.17) is 0 Å². The fourth-order valence-electron chi connectivity index (χ4n) is 3.28. The van der Waals surface area contributed by atoms with Crippen molar-refractivity contribution in [2.75, 3.05) is 4.72 Å². The highest BCUT2D eigenvalue weighted by molar-refractivity contribution is 7.92. The Morgan fingerprint density at radius 3 is 2.55 bits per heavy atom. The molecule has 3 aromatic carbocycles. The number of pyridine rings is 1. The number of fused-ring (bicyclic) bond motifs is 2. The number of aromatic amines is 1. The summed E-state index contributed by atoms with van der Waals surface area (Å²) >= 11 is 0. The highest BCUT2D eigenvalue weighted by Gasteiger charge is 2.17. The number of sulfonamides is 1. The van der Waals surface area contributed by atoms with Crippen LogP contribution in [0.25, 0.3) is 33.3 Å². The summed E-state index contributed by atoms with van der Waals surface area (Å²) in [6.45, 7) is 0. The van der Waals surface area contributed by atoms with Crippen LogP contribution in [0.15, 0.2) is 90.0 Å². The zero-order chi connectivity index (χ0) is 19.8. The van der Waals surface area contributed by atoms with E-state index in [9.17, 15) is 8.42 Å². The lowest BCUT2D eigenvalue weighted by Gasteiger charge is -2.10. The number of para-hydroxylation sites is 1. The van der Waals surface area contributed by atoms with Gasteiger partial charge in [-0.15, -0.1) is 0 Å². The summed E-state index contributed by atoms with van der Waals surface area (Å²) in [6, 6.07) is 23.6. The topological polar surface area (TPSA) is 87.7 Å².